The number of hydrogen-bond donors (Lipinski definition) is 1. The van der Waals surface area contributed by atoms with Gasteiger partial charge in [0.2, 0.25) is 0 Å². The predicted molar refractivity (Wildman–Crippen MR) is 111 cm³/mol. The van der Waals surface area contributed by atoms with E-state index in [4.69, 9.17) is 5.26 Å². The standard InChI is InChI=1S/C21H26F3N5S/c22-21(23,24)16-8-7-9-17(14-16)26-15-19-27-28-20(30-13-6-2-5-12-25)29(19)18-10-3-1-4-11-18/h7-9,14,18,26H,1-6,10-11,13,15H2. The van der Waals surface area contributed by atoms with Crippen LogP contribution in [0.25, 0.3) is 0 Å². The monoisotopic (exact) mass is 437 g/mol. The van der Waals surface area contributed by atoms with Crippen molar-refractivity contribution in [2.45, 2.75) is 75.3 Å². The summed E-state index contributed by atoms with van der Waals surface area (Å²) in [4.78, 5) is 0. The molecule has 1 aliphatic carbocycles. The highest BCUT2D eigenvalue weighted by molar-refractivity contribution is 7.99. The van der Waals surface area contributed by atoms with Gasteiger partial charge in [0.05, 0.1) is 18.2 Å². The summed E-state index contributed by atoms with van der Waals surface area (Å²) in [5.74, 6) is 1.62. The lowest BCUT2D eigenvalue weighted by molar-refractivity contribution is -0.137. The number of unbranched alkanes of at least 4 members (excludes halogenated alkanes) is 2. The SMILES string of the molecule is N#CCCCCSc1nnc(CNc2cccc(C(F)(F)F)c2)n1C1CCCCC1. The average Bonchev–Trinajstić information content (AvgIpc) is 3.15. The fourth-order valence-electron chi connectivity index (χ4n) is 3.69. The molecule has 2 aromatic rings. The molecule has 0 atom stereocenters. The molecule has 0 unspecified atom stereocenters. The van der Waals surface area contributed by atoms with Crippen molar-refractivity contribution in [2.24, 2.45) is 0 Å². The number of nitriles is 1. The minimum atomic E-state index is -4.37. The molecule has 30 heavy (non-hydrogen) atoms. The van der Waals surface area contributed by atoms with Crippen molar-refractivity contribution in [2.75, 3.05) is 11.1 Å². The van der Waals surface area contributed by atoms with Gasteiger partial charge in [-0.2, -0.15) is 18.4 Å². The summed E-state index contributed by atoms with van der Waals surface area (Å²) in [6.45, 7) is 0.319. The molecule has 1 saturated carbocycles. The maximum absolute atomic E-state index is 13.0. The van der Waals surface area contributed by atoms with Gasteiger partial charge >= 0.3 is 6.18 Å². The van der Waals surface area contributed by atoms with E-state index >= 15 is 0 Å². The van der Waals surface area contributed by atoms with E-state index in [0.29, 0.717) is 24.7 Å². The zero-order valence-corrected chi connectivity index (χ0v) is 17.6. The molecule has 1 fully saturated rings. The van der Waals surface area contributed by atoms with Gasteiger partial charge in [-0.15, -0.1) is 10.2 Å². The molecule has 0 spiro atoms. The summed E-state index contributed by atoms with van der Waals surface area (Å²) in [6.07, 6.45) is 3.68. The number of aromatic nitrogens is 3. The molecule has 0 saturated heterocycles. The van der Waals surface area contributed by atoms with Gasteiger partial charge in [-0.1, -0.05) is 37.1 Å². The summed E-state index contributed by atoms with van der Waals surface area (Å²) >= 11 is 1.64. The van der Waals surface area contributed by atoms with Crippen molar-refractivity contribution in [3.8, 4) is 6.07 Å². The smallest absolute Gasteiger partial charge is 0.378 e. The molecule has 1 aromatic heterocycles. The minimum absolute atomic E-state index is 0.319. The van der Waals surface area contributed by atoms with Gasteiger partial charge < -0.3 is 9.88 Å². The number of anilines is 1. The summed E-state index contributed by atoms with van der Waals surface area (Å²) in [6, 6.07) is 7.70. The van der Waals surface area contributed by atoms with E-state index in [1.165, 1.54) is 12.5 Å². The van der Waals surface area contributed by atoms with Crippen LogP contribution in [0.3, 0.4) is 0 Å². The lowest BCUT2D eigenvalue weighted by Crippen LogP contribution is -2.18. The minimum Gasteiger partial charge on any atom is -0.378 e. The van der Waals surface area contributed by atoms with E-state index in [2.05, 4.69) is 26.2 Å². The molecule has 1 aromatic carbocycles. The van der Waals surface area contributed by atoms with E-state index in [9.17, 15) is 13.2 Å². The largest absolute Gasteiger partial charge is 0.416 e. The number of halogens is 3. The van der Waals surface area contributed by atoms with Crippen molar-refractivity contribution >= 4 is 17.4 Å². The van der Waals surface area contributed by atoms with Gasteiger partial charge in [0.1, 0.15) is 0 Å². The molecule has 0 aliphatic heterocycles. The first kappa shape index (κ1) is 22.5. The number of nitrogens with one attached hydrogen (secondary N) is 1. The highest BCUT2D eigenvalue weighted by atomic mass is 32.2. The number of thioether (sulfide) groups is 1. The molecule has 0 bridgehead atoms. The van der Waals surface area contributed by atoms with Gasteiger partial charge in [-0.3, -0.25) is 0 Å². The average molecular weight is 438 g/mol. The molecule has 5 nitrogen and oxygen atoms in total. The first-order valence-electron chi connectivity index (χ1n) is 10.3. The third-order valence-corrected chi connectivity index (χ3v) is 6.26. The first-order chi connectivity index (χ1) is 14.5. The van der Waals surface area contributed by atoms with Crippen LogP contribution in [-0.2, 0) is 12.7 Å². The molecule has 162 valence electrons. The van der Waals surface area contributed by atoms with Crippen LogP contribution < -0.4 is 5.32 Å². The normalized spacial score (nSPS) is 15.1. The molecular formula is C21H26F3N5S. The summed E-state index contributed by atoms with van der Waals surface area (Å²) in [7, 11) is 0. The Hall–Kier alpha value is -2.21. The predicted octanol–water partition coefficient (Wildman–Crippen LogP) is 6.20. The number of rotatable bonds is 9. The Bertz CT molecular complexity index is 853. The summed E-state index contributed by atoms with van der Waals surface area (Å²) in [5, 5.41) is 21.3. The van der Waals surface area contributed by atoms with E-state index < -0.39 is 11.7 Å². The highest BCUT2D eigenvalue weighted by Gasteiger charge is 2.30. The lowest BCUT2D eigenvalue weighted by Gasteiger charge is -2.25. The van der Waals surface area contributed by atoms with Gasteiger partial charge in [0.15, 0.2) is 11.0 Å². The fraction of sp³-hybridized carbons (Fsp3) is 0.571. The topological polar surface area (TPSA) is 66.5 Å². The number of alkyl halides is 3. The molecule has 1 aliphatic rings. The van der Waals surface area contributed by atoms with Crippen molar-refractivity contribution in [3.05, 3.63) is 35.7 Å². The van der Waals surface area contributed by atoms with Crippen LogP contribution in [0.2, 0.25) is 0 Å². The van der Waals surface area contributed by atoms with E-state index in [1.54, 1.807) is 17.8 Å². The van der Waals surface area contributed by atoms with Crippen molar-refractivity contribution in [1.82, 2.24) is 14.8 Å². The Morgan fingerprint density at radius 1 is 1.17 bits per heavy atom. The van der Waals surface area contributed by atoms with Crippen molar-refractivity contribution < 1.29 is 13.2 Å². The molecule has 9 heteroatoms. The van der Waals surface area contributed by atoms with Crippen LogP contribution in [0, 0.1) is 11.3 Å². The van der Waals surface area contributed by atoms with Gasteiger partial charge in [0.25, 0.3) is 0 Å². The van der Waals surface area contributed by atoms with Gasteiger partial charge in [0, 0.05) is 23.9 Å². The quantitative estimate of drug-likeness (QED) is 0.374. The number of benzene rings is 1. The van der Waals surface area contributed by atoms with E-state index in [1.807, 2.05) is 0 Å². The van der Waals surface area contributed by atoms with E-state index in [-0.39, 0.29) is 0 Å². The Kier molecular flexibility index (Phi) is 8.02. The summed E-state index contributed by atoms with van der Waals surface area (Å²) < 4.78 is 41.1. The zero-order chi connectivity index (χ0) is 21.4. The molecule has 0 radical (unpaired) electrons. The second-order valence-corrected chi connectivity index (χ2v) is 8.52. The van der Waals surface area contributed by atoms with Crippen molar-refractivity contribution in [3.63, 3.8) is 0 Å². The van der Waals surface area contributed by atoms with Gasteiger partial charge in [-0.25, -0.2) is 0 Å². The van der Waals surface area contributed by atoms with Crippen LogP contribution in [0.1, 0.15) is 68.8 Å². The third kappa shape index (κ3) is 6.14. The Morgan fingerprint density at radius 3 is 2.70 bits per heavy atom. The molecule has 0 amide bonds. The number of hydrogen-bond acceptors (Lipinski definition) is 5. The second-order valence-electron chi connectivity index (χ2n) is 7.46. The van der Waals surface area contributed by atoms with Crippen LogP contribution in [0.4, 0.5) is 18.9 Å². The molecule has 1 N–H and O–H groups in total. The van der Waals surface area contributed by atoms with Crippen LogP contribution in [0.15, 0.2) is 29.4 Å². The maximum Gasteiger partial charge on any atom is 0.416 e. The van der Waals surface area contributed by atoms with Crippen molar-refractivity contribution in [1.29, 1.82) is 5.26 Å². The second kappa shape index (κ2) is 10.7. The molecule has 1 heterocycles. The van der Waals surface area contributed by atoms with Crippen LogP contribution in [-0.4, -0.2) is 20.5 Å². The summed E-state index contributed by atoms with van der Waals surface area (Å²) in [5.41, 5.74) is -0.261. The number of nitrogens with zero attached hydrogens (tertiary/aromatic N) is 4. The Labute approximate surface area is 179 Å². The van der Waals surface area contributed by atoms with Gasteiger partial charge in [-0.05, 0) is 43.9 Å². The van der Waals surface area contributed by atoms with E-state index in [0.717, 1.165) is 67.4 Å². The lowest BCUT2D eigenvalue weighted by atomic mass is 9.95. The fourth-order valence-corrected chi connectivity index (χ4v) is 4.71. The van der Waals surface area contributed by atoms with Crippen LogP contribution >= 0.6 is 11.8 Å². The first-order valence-corrected chi connectivity index (χ1v) is 11.3. The third-order valence-electron chi connectivity index (χ3n) is 5.23. The van der Waals surface area contributed by atoms with Crippen LogP contribution in [0.5, 0.6) is 0 Å². The zero-order valence-electron chi connectivity index (χ0n) is 16.8. The maximum atomic E-state index is 13.0. The molecule has 3 rings (SSSR count). The molecular weight excluding hydrogens is 411 g/mol. The Balaban J connectivity index is 1.71. The Morgan fingerprint density at radius 2 is 1.97 bits per heavy atom. The highest BCUT2D eigenvalue weighted by Crippen LogP contribution is 2.34.